The molecule has 0 radical (unpaired) electrons. The lowest BCUT2D eigenvalue weighted by molar-refractivity contribution is -0.107. The molecule has 0 spiro atoms. The zero-order valence-electron chi connectivity index (χ0n) is 6.39. The van der Waals surface area contributed by atoms with Crippen LogP contribution >= 0.6 is 11.6 Å². The van der Waals surface area contributed by atoms with Gasteiger partial charge in [0, 0.05) is 11.4 Å². The molecule has 1 rings (SSSR count). The van der Waals surface area contributed by atoms with E-state index in [1.165, 1.54) is 12.1 Å². The fraction of sp³-hybridized carbons (Fsp3) is 0.222. The molecule has 0 atom stereocenters. The minimum Gasteiger partial charge on any atom is -0.303 e. The normalized spacial score (nSPS) is 9.83. The van der Waals surface area contributed by atoms with E-state index in [4.69, 9.17) is 11.6 Å². The monoisotopic (exact) mass is 186 g/mol. The summed E-state index contributed by atoms with van der Waals surface area (Å²) in [5.41, 5.74) is 0.810. The van der Waals surface area contributed by atoms with E-state index in [9.17, 15) is 9.18 Å². The second-order valence-corrected chi connectivity index (χ2v) is 2.85. The number of hydrogen-bond donors (Lipinski definition) is 0. The van der Waals surface area contributed by atoms with Crippen LogP contribution in [0.4, 0.5) is 4.39 Å². The predicted molar refractivity (Wildman–Crippen MR) is 45.8 cm³/mol. The Labute approximate surface area is 75.2 Å². The maximum atomic E-state index is 12.5. The number of aldehydes is 1. The largest absolute Gasteiger partial charge is 0.303 e. The lowest BCUT2D eigenvalue weighted by atomic mass is 10.1. The van der Waals surface area contributed by atoms with Crippen molar-refractivity contribution in [2.24, 2.45) is 0 Å². The molecule has 0 heterocycles. The van der Waals surface area contributed by atoms with Crippen molar-refractivity contribution >= 4 is 17.9 Å². The average molecular weight is 187 g/mol. The van der Waals surface area contributed by atoms with Gasteiger partial charge in [-0.05, 0) is 24.1 Å². The number of carbonyl (C=O) groups excluding carboxylic acids is 1. The molecule has 0 aromatic heterocycles. The highest BCUT2D eigenvalue weighted by atomic mass is 35.5. The lowest BCUT2D eigenvalue weighted by Crippen LogP contribution is -1.88. The van der Waals surface area contributed by atoms with Crippen LogP contribution in [0.3, 0.4) is 0 Å². The van der Waals surface area contributed by atoms with Gasteiger partial charge < -0.3 is 4.79 Å². The Kier molecular flexibility index (Phi) is 3.23. The molecule has 3 heteroatoms. The zero-order valence-corrected chi connectivity index (χ0v) is 7.14. The van der Waals surface area contributed by atoms with Crippen molar-refractivity contribution in [2.45, 2.75) is 12.8 Å². The van der Waals surface area contributed by atoms with E-state index in [2.05, 4.69) is 0 Å². The first-order valence-electron chi connectivity index (χ1n) is 3.61. The van der Waals surface area contributed by atoms with Crippen molar-refractivity contribution in [3.05, 3.63) is 34.6 Å². The third-order valence-electron chi connectivity index (χ3n) is 1.55. The number of rotatable bonds is 3. The number of benzene rings is 1. The van der Waals surface area contributed by atoms with E-state index in [1.807, 2.05) is 0 Å². The highest BCUT2D eigenvalue weighted by Crippen LogP contribution is 2.18. The molecule has 0 bridgehead atoms. The van der Waals surface area contributed by atoms with Crippen LogP contribution in [0.15, 0.2) is 18.2 Å². The summed E-state index contributed by atoms with van der Waals surface area (Å²) in [6.07, 6.45) is 1.81. The summed E-state index contributed by atoms with van der Waals surface area (Å²) < 4.78 is 12.5. The molecule has 0 N–H and O–H groups in total. The van der Waals surface area contributed by atoms with Crippen molar-refractivity contribution in [1.29, 1.82) is 0 Å². The third kappa shape index (κ3) is 2.31. The molecule has 0 aliphatic rings. The molecular weight excluding hydrogens is 179 g/mol. The average Bonchev–Trinajstić information content (AvgIpc) is 2.03. The Morgan fingerprint density at radius 1 is 1.50 bits per heavy atom. The summed E-state index contributed by atoms with van der Waals surface area (Å²) in [7, 11) is 0. The number of halogens is 2. The third-order valence-corrected chi connectivity index (χ3v) is 1.90. The summed E-state index contributed by atoms with van der Waals surface area (Å²) >= 11 is 5.71. The smallest absolute Gasteiger partial charge is 0.124 e. The van der Waals surface area contributed by atoms with Gasteiger partial charge in [0.1, 0.15) is 12.1 Å². The summed E-state index contributed by atoms with van der Waals surface area (Å²) in [4.78, 5) is 10.0. The fourth-order valence-corrected chi connectivity index (χ4v) is 1.20. The maximum Gasteiger partial charge on any atom is 0.124 e. The number of hydrogen-bond acceptors (Lipinski definition) is 1. The standard InChI is InChI=1S/C9H8ClFO/c10-9-6-8(11)4-3-7(9)2-1-5-12/h3-6H,1-2H2. The first-order valence-corrected chi connectivity index (χ1v) is 3.99. The van der Waals surface area contributed by atoms with Gasteiger partial charge in [-0.2, -0.15) is 0 Å². The van der Waals surface area contributed by atoms with Gasteiger partial charge in [0.25, 0.3) is 0 Å². The maximum absolute atomic E-state index is 12.5. The Bertz CT molecular complexity index is 286. The van der Waals surface area contributed by atoms with Gasteiger partial charge in [-0.15, -0.1) is 0 Å². The van der Waals surface area contributed by atoms with Crippen LogP contribution in [0.5, 0.6) is 0 Å². The minimum absolute atomic E-state index is 0.352. The summed E-state index contributed by atoms with van der Waals surface area (Å²) in [5.74, 6) is -0.352. The van der Waals surface area contributed by atoms with Gasteiger partial charge in [-0.1, -0.05) is 17.7 Å². The van der Waals surface area contributed by atoms with Crippen molar-refractivity contribution in [3.63, 3.8) is 0 Å². The van der Waals surface area contributed by atoms with Crippen molar-refractivity contribution in [1.82, 2.24) is 0 Å². The van der Waals surface area contributed by atoms with Gasteiger partial charge in [-0.3, -0.25) is 0 Å². The van der Waals surface area contributed by atoms with Crippen LogP contribution in [0.1, 0.15) is 12.0 Å². The number of carbonyl (C=O) groups is 1. The molecule has 1 nitrogen and oxygen atoms in total. The summed E-state index contributed by atoms with van der Waals surface area (Å²) in [5, 5.41) is 0.386. The van der Waals surface area contributed by atoms with Crippen LogP contribution in [0, 0.1) is 5.82 Å². The van der Waals surface area contributed by atoms with Crippen molar-refractivity contribution in [3.8, 4) is 0 Å². The number of aryl methyl sites for hydroxylation is 1. The second kappa shape index (κ2) is 4.21. The molecule has 0 aliphatic carbocycles. The minimum atomic E-state index is -0.352. The Morgan fingerprint density at radius 2 is 2.25 bits per heavy atom. The Balaban J connectivity index is 2.78. The van der Waals surface area contributed by atoms with E-state index in [-0.39, 0.29) is 5.82 Å². The van der Waals surface area contributed by atoms with Crippen LogP contribution in [-0.2, 0) is 11.2 Å². The van der Waals surface area contributed by atoms with Crippen molar-refractivity contribution < 1.29 is 9.18 Å². The van der Waals surface area contributed by atoms with Crippen LogP contribution in [0.2, 0.25) is 5.02 Å². The fourth-order valence-electron chi connectivity index (χ4n) is 0.939. The predicted octanol–water partition coefficient (Wildman–Crippen LogP) is 2.61. The van der Waals surface area contributed by atoms with E-state index in [1.54, 1.807) is 6.07 Å². The quantitative estimate of drug-likeness (QED) is 0.664. The van der Waals surface area contributed by atoms with E-state index >= 15 is 0 Å². The van der Waals surface area contributed by atoms with E-state index < -0.39 is 0 Å². The molecule has 64 valence electrons. The molecular formula is C9H8ClFO. The molecule has 0 unspecified atom stereocenters. The molecule has 12 heavy (non-hydrogen) atoms. The molecule has 0 aliphatic heterocycles. The summed E-state index contributed by atoms with van der Waals surface area (Å²) in [6, 6.07) is 4.19. The SMILES string of the molecule is O=CCCc1ccc(F)cc1Cl. The van der Waals surface area contributed by atoms with E-state index in [0.29, 0.717) is 17.9 Å². The van der Waals surface area contributed by atoms with Gasteiger partial charge >= 0.3 is 0 Å². The molecule has 1 aromatic rings. The van der Waals surface area contributed by atoms with Gasteiger partial charge in [0.2, 0.25) is 0 Å². The van der Waals surface area contributed by atoms with Gasteiger partial charge in [0.15, 0.2) is 0 Å². The molecule has 0 amide bonds. The molecule has 0 fully saturated rings. The first kappa shape index (κ1) is 9.20. The van der Waals surface area contributed by atoms with Crippen LogP contribution in [-0.4, -0.2) is 6.29 Å². The van der Waals surface area contributed by atoms with E-state index in [0.717, 1.165) is 11.8 Å². The Morgan fingerprint density at radius 3 is 2.83 bits per heavy atom. The Hall–Kier alpha value is -0.890. The van der Waals surface area contributed by atoms with Gasteiger partial charge in [-0.25, -0.2) is 4.39 Å². The van der Waals surface area contributed by atoms with Crippen molar-refractivity contribution in [2.75, 3.05) is 0 Å². The molecule has 1 aromatic carbocycles. The highest BCUT2D eigenvalue weighted by molar-refractivity contribution is 6.31. The van der Waals surface area contributed by atoms with Crippen LogP contribution in [0.25, 0.3) is 0 Å². The second-order valence-electron chi connectivity index (χ2n) is 2.44. The summed E-state index contributed by atoms with van der Waals surface area (Å²) in [6.45, 7) is 0. The molecule has 0 saturated heterocycles. The zero-order chi connectivity index (χ0) is 8.97. The topological polar surface area (TPSA) is 17.1 Å². The van der Waals surface area contributed by atoms with Crippen LogP contribution < -0.4 is 0 Å². The molecule has 0 saturated carbocycles. The lowest BCUT2D eigenvalue weighted by Gasteiger charge is -2.00. The highest BCUT2D eigenvalue weighted by Gasteiger charge is 2.00. The first-order chi connectivity index (χ1) is 5.74. The van der Waals surface area contributed by atoms with Gasteiger partial charge in [0.05, 0.1) is 0 Å².